The molecule has 3 heterocycles. The average molecular weight is 440 g/mol. The predicted octanol–water partition coefficient (Wildman–Crippen LogP) is 8.22. The van der Waals surface area contributed by atoms with E-state index in [1.165, 1.54) is 27.9 Å². The summed E-state index contributed by atoms with van der Waals surface area (Å²) in [5.74, 6) is 1.08. The monoisotopic (exact) mass is 439 g/mol. The van der Waals surface area contributed by atoms with Crippen LogP contribution in [0.1, 0.15) is 59.1 Å². The Hall–Kier alpha value is -3.33. The maximum Gasteiger partial charge on any atom is 0.163 e. The van der Waals surface area contributed by atoms with Gasteiger partial charge in [-0.25, -0.2) is 5.01 Å². The van der Waals surface area contributed by atoms with E-state index in [2.05, 4.69) is 110 Å². The van der Waals surface area contributed by atoms with Crippen LogP contribution >= 0.6 is 0 Å². The first-order chi connectivity index (χ1) is 16.2. The van der Waals surface area contributed by atoms with Crippen molar-refractivity contribution in [2.24, 2.45) is 5.10 Å². The second-order valence-electron chi connectivity index (χ2n) is 7.87. The fourth-order valence-electron chi connectivity index (χ4n) is 5.08. The molecular weight excluding hydrogens is 402 g/mol. The van der Waals surface area contributed by atoms with Gasteiger partial charge in [-0.3, -0.25) is 4.90 Å². The van der Waals surface area contributed by atoms with E-state index in [0.29, 0.717) is 0 Å². The van der Waals surface area contributed by atoms with Gasteiger partial charge in [-0.1, -0.05) is 102 Å². The van der Waals surface area contributed by atoms with Crippen LogP contribution in [-0.2, 0) is 5.41 Å². The summed E-state index contributed by atoms with van der Waals surface area (Å²) in [5, 5.41) is 7.41. The molecule has 3 aromatic rings. The number of hydrogen-bond donors (Lipinski definition) is 0. The highest BCUT2D eigenvalue weighted by molar-refractivity contribution is 6.22. The molecule has 0 aromatic heterocycles. The van der Waals surface area contributed by atoms with E-state index in [-0.39, 0.29) is 11.6 Å². The minimum absolute atomic E-state index is 0.00841. The summed E-state index contributed by atoms with van der Waals surface area (Å²) in [5.41, 5.74) is 7.80. The Morgan fingerprint density at radius 3 is 2.00 bits per heavy atom. The van der Waals surface area contributed by atoms with Crippen LogP contribution < -0.4 is 9.91 Å². The fraction of sp³-hybridized carbons (Fsp3) is 0.300. The van der Waals surface area contributed by atoms with Crippen LogP contribution in [0.3, 0.4) is 0 Å². The molecule has 6 rings (SSSR count). The van der Waals surface area contributed by atoms with Gasteiger partial charge in [-0.2, -0.15) is 5.10 Å². The Balaban J connectivity index is 0.000000475. The van der Waals surface area contributed by atoms with Crippen molar-refractivity contribution in [3.63, 3.8) is 0 Å². The molecule has 3 heteroatoms. The zero-order chi connectivity index (χ0) is 24.2. The number of rotatable bonds is 2. The van der Waals surface area contributed by atoms with Crippen molar-refractivity contribution in [1.82, 2.24) is 0 Å². The lowest BCUT2D eigenvalue weighted by Gasteiger charge is -2.37. The number of benzene rings is 3. The van der Waals surface area contributed by atoms with E-state index in [1.807, 2.05) is 27.7 Å². The molecule has 0 saturated carbocycles. The zero-order valence-corrected chi connectivity index (χ0v) is 21.0. The molecule has 0 saturated heterocycles. The second kappa shape index (κ2) is 10.1. The van der Waals surface area contributed by atoms with Gasteiger partial charge in [0.2, 0.25) is 0 Å². The Morgan fingerprint density at radius 2 is 1.36 bits per heavy atom. The quantitative estimate of drug-likeness (QED) is 0.375. The van der Waals surface area contributed by atoms with Crippen LogP contribution in [0.5, 0.6) is 0 Å². The average Bonchev–Trinajstić information content (AvgIpc) is 3.44. The number of nitrogens with zero attached hydrogens (tertiary/aromatic N) is 3. The highest BCUT2D eigenvalue weighted by atomic mass is 15.6. The Labute approximate surface area is 200 Å². The number of fused-ring (bicyclic) bond motifs is 3. The Bertz CT molecular complexity index is 1120. The minimum Gasteiger partial charge on any atom is -0.300 e. The number of para-hydroxylation sites is 2. The molecule has 0 radical (unpaired) electrons. The van der Waals surface area contributed by atoms with Gasteiger partial charge in [0, 0.05) is 16.5 Å². The Kier molecular flexibility index (Phi) is 7.43. The summed E-state index contributed by atoms with van der Waals surface area (Å²) in [7, 11) is 0. The molecule has 0 spiro atoms. The largest absolute Gasteiger partial charge is 0.300 e. The lowest BCUT2D eigenvalue weighted by atomic mass is 9.78. The van der Waals surface area contributed by atoms with Crippen LogP contribution in [0.25, 0.3) is 11.1 Å². The molecule has 0 aliphatic carbocycles. The number of amidine groups is 1. The topological polar surface area (TPSA) is 18.8 Å². The van der Waals surface area contributed by atoms with Crippen LogP contribution in [0.2, 0.25) is 0 Å². The van der Waals surface area contributed by atoms with E-state index < -0.39 is 0 Å². The molecule has 2 unspecified atom stereocenters. The highest BCUT2D eigenvalue weighted by Gasteiger charge is 2.57. The van der Waals surface area contributed by atoms with Gasteiger partial charge in [-0.05, 0) is 29.7 Å². The molecule has 0 N–H and O–H groups in total. The van der Waals surface area contributed by atoms with Crippen molar-refractivity contribution >= 4 is 17.2 Å². The number of hydrogen-bond acceptors (Lipinski definition) is 3. The SMILES string of the molecule is C=C.CC.CC.CCC1(C)c2cccc3c2N2C(=NN(c4ccccc4)C21)c1ccccc1-3. The first kappa shape index (κ1) is 24.3. The van der Waals surface area contributed by atoms with Crippen molar-refractivity contribution in [3.05, 3.63) is 97.1 Å². The predicted molar refractivity (Wildman–Crippen MR) is 145 cm³/mol. The van der Waals surface area contributed by atoms with Crippen molar-refractivity contribution in [2.45, 2.75) is 59.5 Å². The standard InChI is InChI=1S/C24H21N3.2C2H6.C2H4/c1-3-24(2)20-15-9-14-18-17-12-7-8-13-19(17)22-25-27(16-10-5-4-6-11-16)23(24)26(22)21(18)20;3*1-2/h4-15,23H,3H2,1-2H3;2*1-2H3;1-2H2. The van der Waals surface area contributed by atoms with E-state index in [4.69, 9.17) is 5.10 Å². The molecule has 172 valence electrons. The Morgan fingerprint density at radius 1 is 0.788 bits per heavy atom. The first-order valence-corrected chi connectivity index (χ1v) is 12.2. The summed E-state index contributed by atoms with van der Waals surface area (Å²) in [6, 6.07) is 26.1. The molecule has 3 aliphatic heterocycles. The third-order valence-electron chi connectivity index (χ3n) is 6.58. The van der Waals surface area contributed by atoms with Gasteiger partial charge >= 0.3 is 0 Å². The molecule has 0 fully saturated rings. The van der Waals surface area contributed by atoms with Crippen LogP contribution in [0, 0.1) is 0 Å². The first-order valence-electron chi connectivity index (χ1n) is 12.2. The van der Waals surface area contributed by atoms with E-state index in [0.717, 1.165) is 17.9 Å². The van der Waals surface area contributed by atoms with Crippen molar-refractivity contribution in [2.75, 3.05) is 9.91 Å². The van der Waals surface area contributed by atoms with Crippen LogP contribution in [0.4, 0.5) is 11.4 Å². The minimum atomic E-state index is 0.00841. The van der Waals surface area contributed by atoms with Gasteiger partial charge in [0.25, 0.3) is 0 Å². The molecule has 3 aliphatic rings. The molecule has 0 bridgehead atoms. The van der Waals surface area contributed by atoms with Gasteiger partial charge in [-0.15, -0.1) is 13.2 Å². The molecule has 2 atom stereocenters. The smallest absolute Gasteiger partial charge is 0.163 e. The van der Waals surface area contributed by atoms with Gasteiger partial charge in [0.05, 0.1) is 11.4 Å². The van der Waals surface area contributed by atoms with Gasteiger partial charge < -0.3 is 0 Å². The van der Waals surface area contributed by atoms with Crippen molar-refractivity contribution < 1.29 is 0 Å². The number of anilines is 2. The summed E-state index contributed by atoms with van der Waals surface area (Å²) < 4.78 is 0. The summed E-state index contributed by atoms with van der Waals surface area (Å²) in [4.78, 5) is 2.49. The number of hydrazone groups is 1. The molecule has 3 aromatic carbocycles. The molecule has 0 amide bonds. The van der Waals surface area contributed by atoms with Crippen molar-refractivity contribution in [3.8, 4) is 11.1 Å². The fourth-order valence-corrected chi connectivity index (χ4v) is 5.08. The second-order valence-corrected chi connectivity index (χ2v) is 7.87. The lowest BCUT2D eigenvalue weighted by Crippen LogP contribution is -2.50. The van der Waals surface area contributed by atoms with Gasteiger partial charge in [0.1, 0.15) is 6.17 Å². The third-order valence-corrected chi connectivity index (χ3v) is 6.58. The molecule has 3 nitrogen and oxygen atoms in total. The summed E-state index contributed by atoms with van der Waals surface area (Å²) in [6.45, 7) is 18.7. The molecular formula is C30H37N3. The summed E-state index contributed by atoms with van der Waals surface area (Å²) >= 11 is 0. The molecule has 33 heavy (non-hydrogen) atoms. The van der Waals surface area contributed by atoms with E-state index in [9.17, 15) is 0 Å². The van der Waals surface area contributed by atoms with Gasteiger partial charge in [0.15, 0.2) is 5.84 Å². The maximum atomic E-state index is 5.17. The normalized spacial score (nSPS) is 20.1. The third kappa shape index (κ3) is 3.47. The summed E-state index contributed by atoms with van der Waals surface area (Å²) in [6.07, 6.45) is 1.23. The van der Waals surface area contributed by atoms with Crippen LogP contribution in [-0.4, -0.2) is 12.0 Å². The zero-order valence-electron chi connectivity index (χ0n) is 21.0. The highest BCUT2D eigenvalue weighted by Crippen LogP contribution is 2.57. The maximum absolute atomic E-state index is 5.17. The lowest BCUT2D eigenvalue weighted by molar-refractivity contribution is 0.386. The van der Waals surface area contributed by atoms with E-state index in [1.54, 1.807) is 0 Å². The van der Waals surface area contributed by atoms with E-state index >= 15 is 0 Å². The van der Waals surface area contributed by atoms with Crippen LogP contribution in [0.15, 0.2) is 91.1 Å². The van der Waals surface area contributed by atoms with Crippen molar-refractivity contribution in [1.29, 1.82) is 0 Å².